The van der Waals surface area contributed by atoms with Crippen LogP contribution in [0.15, 0.2) is 34.9 Å². The number of benzene rings is 1. The molecule has 1 saturated heterocycles. The molecule has 0 saturated carbocycles. The molecule has 1 fully saturated rings. The fourth-order valence-corrected chi connectivity index (χ4v) is 3.64. The minimum absolute atomic E-state index is 0.0380. The Morgan fingerprint density at radius 3 is 2.57 bits per heavy atom. The first-order valence-electron chi connectivity index (χ1n) is 6.23. The van der Waals surface area contributed by atoms with Gasteiger partial charge in [0.1, 0.15) is 11.1 Å². The van der Waals surface area contributed by atoms with Gasteiger partial charge in [0.25, 0.3) is 0 Å². The van der Waals surface area contributed by atoms with Crippen LogP contribution >= 0.6 is 15.9 Å². The summed E-state index contributed by atoms with van der Waals surface area (Å²) in [5, 5.41) is 5.96. The number of primary sulfonamides is 1. The molecule has 8 heteroatoms. The molecule has 2 aromatic rings. The standard InChI is InChI=1S/C13H12BrN3O3S/c14-11-6-16-13(10-4-2-1-3-9(10)11)17-7-8(5-12(17)18)21(15,19)20/h1-4,6,8H,5,7H2,(H2,15,19,20). The van der Waals surface area contributed by atoms with Crippen molar-refractivity contribution in [1.29, 1.82) is 0 Å². The maximum Gasteiger partial charge on any atom is 0.229 e. The number of hydrogen-bond acceptors (Lipinski definition) is 4. The van der Waals surface area contributed by atoms with Crippen LogP contribution in [0, 0.1) is 0 Å². The summed E-state index contributed by atoms with van der Waals surface area (Å²) in [7, 11) is -3.74. The number of rotatable bonds is 2. The average Bonchev–Trinajstić information content (AvgIpc) is 2.82. The molecule has 6 nitrogen and oxygen atoms in total. The second-order valence-electron chi connectivity index (χ2n) is 4.89. The van der Waals surface area contributed by atoms with E-state index >= 15 is 0 Å². The molecular weight excluding hydrogens is 358 g/mol. The molecule has 21 heavy (non-hydrogen) atoms. The van der Waals surface area contributed by atoms with Gasteiger partial charge < -0.3 is 0 Å². The first-order chi connectivity index (χ1) is 9.88. The van der Waals surface area contributed by atoms with Crippen molar-refractivity contribution in [3.8, 4) is 0 Å². The van der Waals surface area contributed by atoms with Crippen molar-refractivity contribution in [2.75, 3.05) is 11.4 Å². The fourth-order valence-electron chi connectivity index (χ4n) is 2.46. The summed E-state index contributed by atoms with van der Waals surface area (Å²) >= 11 is 3.42. The van der Waals surface area contributed by atoms with E-state index in [4.69, 9.17) is 5.14 Å². The number of nitrogens with zero attached hydrogens (tertiary/aromatic N) is 2. The van der Waals surface area contributed by atoms with Crippen LogP contribution in [0.1, 0.15) is 6.42 Å². The summed E-state index contributed by atoms with van der Waals surface area (Å²) < 4.78 is 23.7. The Morgan fingerprint density at radius 1 is 1.29 bits per heavy atom. The highest BCUT2D eigenvalue weighted by Crippen LogP contribution is 2.32. The van der Waals surface area contributed by atoms with Gasteiger partial charge in [0, 0.05) is 34.4 Å². The van der Waals surface area contributed by atoms with E-state index in [0.29, 0.717) is 5.82 Å². The number of carbonyl (C=O) groups is 1. The van der Waals surface area contributed by atoms with E-state index in [0.717, 1.165) is 15.2 Å². The van der Waals surface area contributed by atoms with E-state index in [1.807, 2.05) is 24.3 Å². The van der Waals surface area contributed by atoms with Gasteiger partial charge in [0.15, 0.2) is 0 Å². The summed E-state index contributed by atoms with van der Waals surface area (Å²) in [4.78, 5) is 17.8. The summed E-state index contributed by atoms with van der Waals surface area (Å²) in [5.74, 6) is 0.180. The number of nitrogens with two attached hydrogens (primary N) is 1. The molecule has 1 aliphatic rings. The third-order valence-corrected chi connectivity index (χ3v) is 5.41. The van der Waals surface area contributed by atoms with Crippen LogP contribution in [0.25, 0.3) is 10.8 Å². The average molecular weight is 370 g/mol. The highest BCUT2D eigenvalue weighted by Gasteiger charge is 2.38. The molecule has 0 spiro atoms. The quantitative estimate of drug-likeness (QED) is 0.865. The molecule has 2 heterocycles. The largest absolute Gasteiger partial charge is 0.295 e. The number of anilines is 1. The number of hydrogen-bond donors (Lipinski definition) is 1. The SMILES string of the molecule is NS(=O)(=O)C1CC(=O)N(c2ncc(Br)c3ccccc23)C1. The molecule has 0 bridgehead atoms. The number of fused-ring (bicyclic) bond motifs is 1. The van der Waals surface area contributed by atoms with E-state index < -0.39 is 15.3 Å². The summed E-state index contributed by atoms with van der Waals surface area (Å²) in [6.07, 6.45) is 1.50. The van der Waals surface area contributed by atoms with Crippen LogP contribution in [0.2, 0.25) is 0 Å². The van der Waals surface area contributed by atoms with Gasteiger partial charge in [-0.25, -0.2) is 18.5 Å². The van der Waals surface area contributed by atoms with E-state index in [2.05, 4.69) is 20.9 Å². The number of carbonyl (C=O) groups excluding carboxylic acids is 1. The van der Waals surface area contributed by atoms with Crippen molar-refractivity contribution in [3.05, 3.63) is 34.9 Å². The molecular formula is C13H12BrN3O3S. The van der Waals surface area contributed by atoms with Gasteiger partial charge in [-0.2, -0.15) is 0 Å². The molecule has 0 radical (unpaired) electrons. The second kappa shape index (κ2) is 5.04. The minimum Gasteiger partial charge on any atom is -0.295 e. The van der Waals surface area contributed by atoms with E-state index in [1.165, 1.54) is 4.90 Å². The predicted octanol–water partition coefficient (Wildman–Crippen LogP) is 1.39. The van der Waals surface area contributed by atoms with Gasteiger partial charge in [-0.05, 0) is 15.9 Å². The molecule has 110 valence electrons. The summed E-state index contributed by atoms with van der Waals surface area (Å²) in [6, 6.07) is 7.48. The molecule has 2 N–H and O–H groups in total. The lowest BCUT2D eigenvalue weighted by Crippen LogP contribution is -2.32. The zero-order chi connectivity index (χ0) is 15.2. The van der Waals surface area contributed by atoms with E-state index in [9.17, 15) is 13.2 Å². The van der Waals surface area contributed by atoms with Crippen LogP contribution in [0.4, 0.5) is 5.82 Å². The van der Waals surface area contributed by atoms with Gasteiger partial charge in [-0.15, -0.1) is 0 Å². The number of sulfonamides is 1. The first-order valence-corrected chi connectivity index (χ1v) is 8.63. The Kier molecular flexibility index (Phi) is 3.46. The van der Waals surface area contributed by atoms with Crippen molar-refractivity contribution >= 4 is 48.5 Å². The maximum absolute atomic E-state index is 12.1. The third kappa shape index (κ3) is 2.54. The molecule has 1 unspecified atom stereocenters. The van der Waals surface area contributed by atoms with Gasteiger partial charge in [-0.1, -0.05) is 24.3 Å². The maximum atomic E-state index is 12.1. The molecule has 1 amide bonds. The summed E-state index contributed by atoms with van der Waals surface area (Å²) in [5.41, 5.74) is 0. The van der Waals surface area contributed by atoms with Gasteiger partial charge in [-0.3, -0.25) is 9.69 Å². The Bertz CT molecular complexity index is 838. The monoisotopic (exact) mass is 369 g/mol. The minimum atomic E-state index is -3.74. The van der Waals surface area contributed by atoms with E-state index in [-0.39, 0.29) is 18.9 Å². The normalized spacial score (nSPS) is 19.4. The Morgan fingerprint density at radius 2 is 1.95 bits per heavy atom. The topological polar surface area (TPSA) is 93.4 Å². The van der Waals surface area contributed by atoms with Gasteiger partial charge >= 0.3 is 0 Å². The highest BCUT2D eigenvalue weighted by molar-refractivity contribution is 9.10. The molecule has 1 atom stereocenters. The predicted molar refractivity (Wildman–Crippen MR) is 83.3 cm³/mol. The highest BCUT2D eigenvalue weighted by atomic mass is 79.9. The fraction of sp³-hybridized carbons (Fsp3) is 0.231. The number of aromatic nitrogens is 1. The van der Waals surface area contributed by atoms with E-state index in [1.54, 1.807) is 6.20 Å². The van der Waals surface area contributed by atoms with Gasteiger partial charge in [0.2, 0.25) is 15.9 Å². The zero-order valence-corrected chi connectivity index (χ0v) is 13.3. The van der Waals surface area contributed by atoms with Crippen molar-refractivity contribution < 1.29 is 13.2 Å². The van der Waals surface area contributed by atoms with Crippen LogP contribution < -0.4 is 10.0 Å². The second-order valence-corrected chi connectivity index (χ2v) is 7.59. The molecule has 1 aromatic heterocycles. The molecule has 1 aliphatic heterocycles. The zero-order valence-electron chi connectivity index (χ0n) is 10.9. The van der Waals surface area contributed by atoms with Crippen molar-refractivity contribution in [2.45, 2.75) is 11.7 Å². The van der Waals surface area contributed by atoms with Crippen molar-refractivity contribution in [2.24, 2.45) is 5.14 Å². The summed E-state index contributed by atoms with van der Waals surface area (Å²) in [6.45, 7) is 0.0380. The van der Waals surface area contributed by atoms with Crippen molar-refractivity contribution in [1.82, 2.24) is 4.98 Å². The number of halogens is 1. The molecule has 3 rings (SSSR count). The smallest absolute Gasteiger partial charge is 0.229 e. The Hall–Kier alpha value is -1.51. The lowest BCUT2D eigenvalue weighted by molar-refractivity contribution is -0.117. The lowest BCUT2D eigenvalue weighted by atomic mass is 10.1. The molecule has 1 aromatic carbocycles. The van der Waals surface area contributed by atoms with Crippen LogP contribution in [0.5, 0.6) is 0 Å². The number of pyridine rings is 1. The molecule has 0 aliphatic carbocycles. The third-order valence-electron chi connectivity index (χ3n) is 3.54. The number of amides is 1. The first kappa shape index (κ1) is 14.4. The van der Waals surface area contributed by atoms with Crippen LogP contribution in [-0.2, 0) is 14.8 Å². The van der Waals surface area contributed by atoms with Crippen LogP contribution in [0.3, 0.4) is 0 Å². The lowest BCUT2D eigenvalue weighted by Gasteiger charge is -2.17. The van der Waals surface area contributed by atoms with Crippen LogP contribution in [-0.4, -0.2) is 31.1 Å². The Balaban J connectivity index is 2.10. The van der Waals surface area contributed by atoms with Crippen molar-refractivity contribution in [3.63, 3.8) is 0 Å². The van der Waals surface area contributed by atoms with Gasteiger partial charge in [0.05, 0.1) is 0 Å². The Labute approximate surface area is 130 Å².